The molecular weight excluding hydrogens is 450 g/mol. The number of halogens is 1. The van der Waals surface area contributed by atoms with Gasteiger partial charge in [0.25, 0.3) is 0 Å². The van der Waals surface area contributed by atoms with Crippen LogP contribution in [-0.4, -0.2) is 50.1 Å². The Hall–Kier alpha value is -3.65. The molecule has 2 amide bonds. The highest BCUT2D eigenvalue weighted by atomic mass is 35.5. The van der Waals surface area contributed by atoms with Crippen molar-refractivity contribution < 1.29 is 4.79 Å². The van der Waals surface area contributed by atoms with Gasteiger partial charge in [0.1, 0.15) is 12.1 Å². The zero-order chi connectivity index (χ0) is 23.3. The lowest BCUT2D eigenvalue weighted by Gasteiger charge is -2.33. The number of nitrogens with zero attached hydrogens (tertiary/aromatic N) is 5. The Labute approximate surface area is 203 Å². The summed E-state index contributed by atoms with van der Waals surface area (Å²) in [5.41, 5.74) is 2.64. The average Bonchev–Trinajstić information content (AvgIpc) is 3.29. The first-order valence-corrected chi connectivity index (χ1v) is 11.8. The van der Waals surface area contributed by atoms with Gasteiger partial charge in [0.05, 0.1) is 11.0 Å². The molecule has 4 aromatic rings. The highest BCUT2D eigenvalue weighted by Crippen LogP contribution is 2.22. The van der Waals surface area contributed by atoms with Crippen LogP contribution in [0.5, 0.6) is 0 Å². The number of urea groups is 1. The summed E-state index contributed by atoms with van der Waals surface area (Å²) >= 11 is 6.02. The molecule has 3 heterocycles. The molecule has 0 spiro atoms. The van der Waals surface area contributed by atoms with Crippen LogP contribution in [0.1, 0.15) is 19.3 Å². The lowest BCUT2D eigenvalue weighted by Crippen LogP contribution is -2.42. The topological polar surface area (TPSA) is 88.0 Å². The second-order valence-corrected chi connectivity index (χ2v) is 8.89. The molecule has 1 aliphatic rings. The molecule has 2 N–H and O–H groups in total. The van der Waals surface area contributed by atoms with E-state index >= 15 is 0 Å². The standard InChI is InChI=1S/C25H26ClN7O/c26-19-6-3-7-20(15-19)30-25(34)32-14-4-5-18(16-32)10-12-27-24-28-13-11-23(31-24)33-17-29-21-8-1-2-9-22(21)33/h1-3,6-9,11,13,15,17-18H,4-5,10,12,14,16H2,(H,30,34)(H,27,28,31). The van der Waals surface area contributed by atoms with Gasteiger partial charge in [-0.2, -0.15) is 4.98 Å². The van der Waals surface area contributed by atoms with Gasteiger partial charge in [-0.15, -0.1) is 0 Å². The summed E-state index contributed by atoms with van der Waals surface area (Å²) in [6.45, 7) is 2.24. The van der Waals surface area contributed by atoms with Crippen LogP contribution < -0.4 is 10.6 Å². The SMILES string of the molecule is O=C(Nc1cccc(Cl)c1)N1CCCC(CCNc2nccc(-n3cnc4ccccc43)n2)C1. The number of imidazole rings is 1. The Morgan fingerprint density at radius 3 is 2.94 bits per heavy atom. The van der Waals surface area contributed by atoms with Gasteiger partial charge in [-0.1, -0.05) is 29.8 Å². The normalized spacial score (nSPS) is 15.9. The van der Waals surface area contributed by atoms with E-state index in [-0.39, 0.29) is 6.03 Å². The molecule has 2 aromatic carbocycles. The van der Waals surface area contributed by atoms with Crippen molar-refractivity contribution in [2.24, 2.45) is 5.92 Å². The van der Waals surface area contributed by atoms with Crippen molar-refractivity contribution in [2.45, 2.75) is 19.3 Å². The number of fused-ring (bicyclic) bond motifs is 1. The third kappa shape index (κ3) is 5.12. The second-order valence-electron chi connectivity index (χ2n) is 8.45. The van der Waals surface area contributed by atoms with E-state index in [0.29, 0.717) is 22.6 Å². The average molecular weight is 476 g/mol. The Balaban J connectivity index is 1.15. The minimum atomic E-state index is -0.0801. The molecule has 9 heteroatoms. The van der Waals surface area contributed by atoms with Crippen LogP contribution in [-0.2, 0) is 0 Å². The van der Waals surface area contributed by atoms with E-state index in [4.69, 9.17) is 11.6 Å². The maximum absolute atomic E-state index is 12.7. The number of anilines is 2. The minimum absolute atomic E-state index is 0.0801. The summed E-state index contributed by atoms with van der Waals surface area (Å²) in [7, 11) is 0. The first-order chi connectivity index (χ1) is 16.7. The Morgan fingerprint density at radius 2 is 2.03 bits per heavy atom. The van der Waals surface area contributed by atoms with E-state index in [2.05, 4.69) is 25.6 Å². The van der Waals surface area contributed by atoms with Crippen LogP contribution in [0.3, 0.4) is 0 Å². The number of amides is 2. The maximum Gasteiger partial charge on any atom is 0.321 e. The van der Waals surface area contributed by atoms with Crippen molar-refractivity contribution in [1.82, 2.24) is 24.4 Å². The smallest absolute Gasteiger partial charge is 0.321 e. The minimum Gasteiger partial charge on any atom is -0.354 e. The van der Waals surface area contributed by atoms with Crippen LogP contribution in [0.2, 0.25) is 5.02 Å². The number of aromatic nitrogens is 4. The van der Waals surface area contributed by atoms with Crippen LogP contribution in [0.15, 0.2) is 67.1 Å². The number of carbonyl (C=O) groups excluding carboxylic acids is 1. The number of rotatable bonds is 6. The summed E-state index contributed by atoms with van der Waals surface area (Å²) in [6.07, 6.45) is 6.56. The molecule has 1 unspecified atom stereocenters. The van der Waals surface area contributed by atoms with Gasteiger partial charge >= 0.3 is 6.03 Å². The molecule has 1 saturated heterocycles. The van der Waals surface area contributed by atoms with Gasteiger partial charge < -0.3 is 15.5 Å². The van der Waals surface area contributed by atoms with Crippen molar-refractivity contribution in [1.29, 1.82) is 0 Å². The van der Waals surface area contributed by atoms with Gasteiger partial charge in [-0.05, 0) is 61.6 Å². The number of piperidine rings is 1. The maximum atomic E-state index is 12.7. The van der Waals surface area contributed by atoms with Crippen molar-refractivity contribution in [3.8, 4) is 5.82 Å². The molecular formula is C25H26ClN7O. The first-order valence-electron chi connectivity index (χ1n) is 11.5. The quantitative estimate of drug-likeness (QED) is 0.399. The fraction of sp³-hybridized carbons (Fsp3) is 0.280. The molecule has 1 fully saturated rings. The van der Waals surface area contributed by atoms with Crippen molar-refractivity contribution in [3.63, 3.8) is 0 Å². The monoisotopic (exact) mass is 475 g/mol. The molecule has 34 heavy (non-hydrogen) atoms. The Kier molecular flexibility index (Phi) is 6.58. The van der Waals surface area contributed by atoms with E-state index in [0.717, 1.165) is 55.7 Å². The summed E-state index contributed by atoms with van der Waals surface area (Å²) in [6, 6.07) is 17.0. The number of benzene rings is 2. The predicted octanol–water partition coefficient (Wildman–Crippen LogP) is 5.22. The third-order valence-electron chi connectivity index (χ3n) is 6.06. The third-order valence-corrected chi connectivity index (χ3v) is 6.29. The lowest BCUT2D eigenvalue weighted by atomic mass is 9.95. The van der Waals surface area contributed by atoms with Gasteiger partial charge in [0, 0.05) is 36.5 Å². The predicted molar refractivity (Wildman–Crippen MR) is 135 cm³/mol. The molecule has 8 nitrogen and oxygen atoms in total. The van der Waals surface area contributed by atoms with Gasteiger partial charge in [0.2, 0.25) is 5.95 Å². The van der Waals surface area contributed by atoms with Gasteiger partial charge in [0.15, 0.2) is 0 Å². The second kappa shape index (κ2) is 10.1. The number of nitrogens with one attached hydrogen (secondary N) is 2. The molecule has 174 valence electrons. The zero-order valence-corrected chi connectivity index (χ0v) is 19.4. The van der Waals surface area contributed by atoms with E-state index < -0.39 is 0 Å². The lowest BCUT2D eigenvalue weighted by molar-refractivity contribution is 0.175. The Bertz CT molecular complexity index is 1290. The van der Waals surface area contributed by atoms with E-state index in [1.165, 1.54) is 0 Å². The van der Waals surface area contributed by atoms with E-state index in [9.17, 15) is 4.79 Å². The summed E-state index contributed by atoms with van der Waals surface area (Å²) in [5.74, 6) is 1.78. The van der Waals surface area contributed by atoms with Crippen LogP contribution >= 0.6 is 11.6 Å². The van der Waals surface area contributed by atoms with E-state index in [1.807, 2.05) is 51.9 Å². The molecule has 2 aromatic heterocycles. The largest absolute Gasteiger partial charge is 0.354 e. The molecule has 1 atom stereocenters. The zero-order valence-electron chi connectivity index (χ0n) is 18.7. The Morgan fingerprint density at radius 1 is 1.12 bits per heavy atom. The van der Waals surface area contributed by atoms with Crippen LogP contribution in [0.25, 0.3) is 16.9 Å². The number of carbonyl (C=O) groups is 1. The summed E-state index contributed by atoms with van der Waals surface area (Å²) < 4.78 is 1.96. The first kappa shape index (κ1) is 22.2. The summed E-state index contributed by atoms with van der Waals surface area (Å²) in [4.78, 5) is 28.0. The fourth-order valence-electron chi connectivity index (χ4n) is 4.35. The van der Waals surface area contributed by atoms with Crippen LogP contribution in [0, 0.1) is 5.92 Å². The highest BCUT2D eigenvalue weighted by Gasteiger charge is 2.23. The molecule has 0 aliphatic carbocycles. The molecule has 5 rings (SSSR count). The van der Waals surface area contributed by atoms with Gasteiger partial charge in [-0.3, -0.25) is 4.57 Å². The van der Waals surface area contributed by atoms with E-state index in [1.54, 1.807) is 24.7 Å². The van der Waals surface area contributed by atoms with Crippen molar-refractivity contribution in [3.05, 3.63) is 72.1 Å². The number of hydrogen-bond donors (Lipinski definition) is 2. The number of likely N-dealkylation sites (tertiary alicyclic amines) is 1. The van der Waals surface area contributed by atoms with Crippen molar-refractivity contribution in [2.75, 3.05) is 30.3 Å². The fourth-order valence-corrected chi connectivity index (χ4v) is 4.54. The number of para-hydroxylation sites is 2. The molecule has 0 bridgehead atoms. The highest BCUT2D eigenvalue weighted by molar-refractivity contribution is 6.30. The van der Waals surface area contributed by atoms with Crippen molar-refractivity contribution >= 4 is 40.3 Å². The van der Waals surface area contributed by atoms with Crippen LogP contribution in [0.4, 0.5) is 16.4 Å². The molecule has 0 saturated carbocycles. The summed E-state index contributed by atoms with van der Waals surface area (Å²) in [5, 5.41) is 6.89. The molecule has 0 radical (unpaired) electrons. The number of hydrogen-bond acceptors (Lipinski definition) is 5. The molecule has 1 aliphatic heterocycles. The van der Waals surface area contributed by atoms with Gasteiger partial charge in [-0.25, -0.2) is 14.8 Å².